The Morgan fingerprint density at radius 1 is 0.645 bits per heavy atom. The van der Waals surface area contributed by atoms with Crippen LogP contribution in [0.25, 0.3) is 0 Å². The van der Waals surface area contributed by atoms with Gasteiger partial charge in [0.25, 0.3) is 5.69 Å². The third-order valence-electron chi connectivity index (χ3n) is 14.6. The molecule has 76 heavy (non-hydrogen) atoms. The number of nitrogens with two attached hydrogens (primary N) is 1. The zero-order valence-corrected chi connectivity index (χ0v) is 47.7. The smallest absolute Gasteiger partial charge is 0.294 e. The van der Waals surface area contributed by atoms with Gasteiger partial charge in [0.05, 0.1) is 40.1 Å². The second-order valence-electron chi connectivity index (χ2n) is 21.5. The molecule has 4 fully saturated rings. The van der Waals surface area contributed by atoms with Crippen molar-refractivity contribution in [2.24, 2.45) is 10.8 Å². The average molecular weight is 1110 g/mol. The molecular formula is C53H68Cl2N14O5P2. The quantitative estimate of drug-likeness (QED) is 0.0243. The fraction of sp³-hybridized carbons (Fsp3) is 0.396. The molecule has 2 saturated heterocycles. The number of halogens is 2. The van der Waals surface area contributed by atoms with Crippen molar-refractivity contribution in [2.75, 3.05) is 125 Å². The van der Waals surface area contributed by atoms with E-state index in [1.807, 2.05) is 60.7 Å². The summed E-state index contributed by atoms with van der Waals surface area (Å²) < 4.78 is 25.4. The number of aliphatic hydroxyl groups is 1. The Kier molecular flexibility index (Phi) is 16.6. The zero-order chi connectivity index (χ0) is 54.9. The van der Waals surface area contributed by atoms with Gasteiger partial charge in [-0.2, -0.15) is 9.97 Å². The molecule has 0 atom stereocenters. The Labute approximate surface area is 454 Å². The molecule has 2 aromatic heterocycles. The summed E-state index contributed by atoms with van der Waals surface area (Å²) in [5.41, 5.74) is 12.3. The summed E-state index contributed by atoms with van der Waals surface area (Å²) in [6.45, 7) is 10.7. The third-order valence-corrected chi connectivity index (χ3v) is 18.3. The van der Waals surface area contributed by atoms with Gasteiger partial charge in [-0.1, -0.05) is 47.5 Å². The van der Waals surface area contributed by atoms with E-state index in [4.69, 9.17) is 34.0 Å². The van der Waals surface area contributed by atoms with Gasteiger partial charge >= 0.3 is 0 Å². The maximum absolute atomic E-state index is 12.7. The van der Waals surface area contributed by atoms with Gasteiger partial charge in [0.15, 0.2) is 11.6 Å². The molecule has 2 saturated carbocycles. The van der Waals surface area contributed by atoms with Crippen LogP contribution in [-0.4, -0.2) is 140 Å². The number of benzene rings is 4. The molecule has 2 aliphatic heterocycles. The van der Waals surface area contributed by atoms with Gasteiger partial charge in [-0.05, 0) is 135 Å². The van der Waals surface area contributed by atoms with Crippen molar-refractivity contribution in [1.29, 1.82) is 0 Å². The molecule has 10 rings (SSSR count). The van der Waals surface area contributed by atoms with Gasteiger partial charge in [-0.3, -0.25) is 10.1 Å². The summed E-state index contributed by atoms with van der Waals surface area (Å²) in [5, 5.41) is 33.7. The van der Waals surface area contributed by atoms with E-state index in [1.54, 1.807) is 38.8 Å². The molecule has 7 N–H and O–H groups in total. The van der Waals surface area contributed by atoms with Crippen LogP contribution in [0.15, 0.2) is 97.3 Å². The molecule has 4 aliphatic rings. The average Bonchev–Trinajstić information content (AvgIpc) is 3.30. The molecule has 0 unspecified atom stereocenters. The lowest BCUT2D eigenvalue weighted by Gasteiger charge is -2.61. The largest absolute Gasteiger partial charge is 0.400 e. The van der Waals surface area contributed by atoms with Crippen LogP contribution in [0.1, 0.15) is 25.7 Å². The van der Waals surface area contributed by atoms with Crippen LogP contribution in [0.4, 0.5) is 69.0 Å². The molecule has 19 nitrogen and oxygen atoms in total. The first-order valence-electron chi connectivity index (χ1n) is 24.8. The number of aromatic nitrogens is 4. The van der Waals surface area contributed by atoms with E-state index >= 15 is 0 Å². The van der Waals surface area contributed by atoms with E-state index in [-0.39, 0.29) is 27.0 Å². The fourth-order valence-corrected chi connectivity index (χ4v) is 13.2. The molecule has 404 valence electrons. The second kappa shape index (κ2) is 22.5. The zero-order valence-electron chi connectivity index (χ0n) is 44.4. The third kappa shape index (κ3) is 12.5. The van der Waals surface area contributed by atoms with Gasteiger partial charge < -0.3 is 60.8 Å². The van der Waals surface area contributed by atoms with Crippen molar-refractivity contribution in [3.05, 3.63) is 117 Å². The number of rotatable bonds is 15. The van der Waals surface area contributed by atoms with E-state index in [1.165, 1.54) is 31.3 Å². The SMILES string of the molecule is CN(C)C1CC2(C1)CN(c1ccc(Nc3ncc(Cl)c(Nc4ccccc4P(C)(C)=O)n3)cc1N)C2.CN(C)C1CC2(C1)CN(c1ccc(Nc3ncc(Cl)c(Nc4ccccc4P(C)(C)=O)n3)cc1[N+](=O)[O-])C2.CO. The highest BCUT2D eigenvalue weighted by molar-refractivity contribution is 7.70. The summed E-state index contributed by atoms with van der Waals surface area (Å²) in [7, 11) is 4.48. The van der Waals surface area contributed by atoms with Crippen LogP contribution in [0, 0.1) is 20.9 Å². The molecule has 0 bridgehead atoms. The number of nitro benzene ring substituents is 1. The minimum absolute atomic E-state index is 0.0382. The monoisotopic (exact) mass is 1110 g/mol. The Hall–Kier alpha value is -6.04. The minimum Gasteiger partial charge on any atom is -0.400 e. The lowest BCUT2D eigenvalue weighted by Crippen LogP contribution is -2.66. The number of nitrogen functional groups attached to an aromatic ring is 1. The number of anilines is 11. The summed E-state index contributed by atoms with van der Waals surface area (Å²) in [4.78, 5) is 38.2. The predicted molar refractivity (Wildman–Crippen MR) is 313 cm³/mol. The molecule has 23 heteroatoms. The molecular weight excluding hydrogens is 1050 g/mol. The fourth-order valence-electron chi connectivity index (χ4n) is 10.6. The topological polar surface area (TPSA) is 236 Å². The Balaban J connectivity index is 0.000000195. The van der Waals surface area contributed by atoms with Gasteiger partial charge in [-0.25, -0.2) is 9.97 Å². The summed E-state index contributed by atoms with van der Waals surface area (Å²) >= 11 is 12.7. The van der Waals surface area contributed by atoms with Gasteiger partial charge in [-0.15, -0.1) is 0 Å². The highest BCUT2D eigenvalue weighted by atomic mass is 35.5. The summed E-state index contributed by atoms with van der Waals surface area (Å²) in [6, 6.07) is 27.1. The minimum atomic E-state index is -2.55. The lowest BCUT2D eigenvalue weighted by atomic mass is 9.60. The van der Waals surface area contributed by atoms with Gasteiger partial charge in [0.2, 0.25) is 11.9 Å². The van der Waals surface area contributed by atoms with Crippen molar-refractivity contribution in [2.45, 2.75) is 37.8 Å². The Morgan fingerprint density at radius 3 is 1.43 bits per heavy atom. The molecule has 6 aromatic rings. The summed E-state index contributed by atoms with van der Waals surface area (Å²) in [5.74, 6) is 1.37. The first-order valence-corrected chi connectivity index (χ1v) is 30.8. The maximum atomic E-state index is 12.7. The van der Waals surface area contributed by atoms with Crippen LogP contribution >= 0.6 is 37.5 Å². The van der Waals surface area contributed by atoms with Gasteiger partial charge in [0, 0.05) is 84.3 Å². The molecule has 4 aromatic carbocycles. The van der Waals surface area contributed by atoms with Crippen LogP contribution in [0.2, 0.25) is 10.0 Å². The van der Waals surface area contributed by atoms with E-state index in [0.29, 0.717) is 68.2 Å². The molecule has 0 radical (unpaired) electrons. The van der Waals surface area contributed by atoms with Crippen molar-refractivity contribution in [1.82, 2.24) is 29.7 Å². The molecule has 0 amide bonds. The Bertz CT molecular complexity index is 3180. The van der Waals surface area contributed by atoms with E-state index < -0.39 is 14.3 Å². The van der Waals surface area contributed by atoms with Crippen molar-refractivity contribution in [3.63, 3.8) is 0 Å². The van der Waals surface area contributed by atoms with Crippen LogP contribution < -0.4 is 47.4 Å². The van der Waals surface area contributed by atoms with Crippen molar-refractivity contribution in [3.8, 4) is 0 Å². The van der Waals surface area contributed by atoms with E-state index in [0.717, 1.165) is 68.5 Å². The maximum Gasteiger partial charge on any atom is 0.294 e. The highest BCUT2D eigenvalue weighted by Crippen LogP contribution is 2.53. The first kappa shape index (κ1) is 56.2. The van der Waals surface area contributed by atoms with E-state index in [9.17, 15) is 19.2 Å². The lowest BCUT2D eigenvalue weighted by molar-refractivity contribution is -0.384. The first-order chi connectivity index (χ1) is 36.0. The van der Waals surface area contributed by atoms with Crippen molar-refractivity contribution < 1.29 is 19.2 Å². The summed E-state index contributed by atoms with van der Waals surface area (Å²) in [6.07, 6.45) is 7.77. The van der Waals surface area contributed by atoms with Crippen LogP contribution in [-0.2, 0) is 9.13 Å². The number of hydrogen-bond donors (Lipinski definition) is 6. The van der Waals surface area contributed by atoms with Crippen molar-refractivity contribution >= 4 is 117 Å². The van der Waals surface area contributed by atoms with E-state index in [2.05, 4.69) is 95.1 Å². The van der Waals surface area contributed by atoms with Crippen LogP contribution in [0.3, 0.4) is 0 Å². The second-order valence-corrected chi connectivity index (χ2v) is 28.7. The highest BCUT2D eigenvalue weighted by Gasteiger charge is 2.54. The Morgan fingerprint density at radius 2 is 1.04 bits per heavy atom. The molecule has 4 heterocycles. The molecule has 2 spiro atoms. The standard InChI is InChI=1S/C26H31ClN7O3P.C26H33ClN7OP.CH4O/c1-32(2)18-12-26(13-18)15-33(16-26)21-10-9-17(11-22(21)34(35)36)29-25-28-14-19(27)24(31-25)30-20-7-5-6-8-23(20)38(3,4)37;1-33(2)18-12-26(13-18)15-34(16-26)22-10-9-17(11-20(22)28)30-25-29-14-19(27)24(32-25)31-21-7-5-6-8-23(21)36(3,4)35;1-2/h5-11,14,18H,12-13,15-16H2,1-4H3,(H2,28,29,30,31);5-11,14,18H,12-13,15-16,28H2,1-4H3,(H2,29,30,31,32);2H,1H3. The predicted octanol–water partition coefficient (Wildman–Crippen LogP) is 9.89. The number of para-hydroxylation sites is 2. The van der Waals surface area contributed by atoms with Gasteiger partial charge in [0.1, 0.15) is 30.0 Å². The molecule has 2 aliphatic carbocycles. The normalized spacial score (nSPS) is 17.3. The van der Waals surface area contributed by atoms with Crippen LogP contribution in [0.5, 0.6) is 0 Å². The number of nitro groups is 1. The number of hydrogen-bond acceptors (Lipinski definition) is 18. The number of aliphatic hydroxyl groups excluding tert-OH is 1. The number of nitrogens with zero attached hydrogens (tertiary/aromatic N) is 9. The number of nitrogens with one attached hydrogen (secondary N) is 4.